The highest BCUT2D eigenvalue weighted by Gasteiger charge is 2.21. The molecule has 1 fully saturated rings. The van der Waals surface area contributed by atoms with Crippen LogP contribution in [0.1, 0.15) is 23.2 Å². The normalized spacial score (nSPS) is 17.4. The Labute approximate surface area is 122 Å². The van der Waals surface area contributed by atoms with E-state index in [1.54, 1.807) is 0 Å². The first-order valence-corrected chi connectivity index (χ1v) is 6.87. The molecule has 6 heteroatoms. The first-order chi connectivity index (χ1) is 8.97. The highest BCUT2D eigenvalue weighted by atomic mass is 35.5. The second-order valence-electron chi connectivity index (χ2n) is 4.76. The van der Waals surface area contributed by atoms with Crippen LogP contribution in [0.5, 0.6) is 0 Å². The number of piperidine rings is 1. The summed E-state index contributed by atoms with van der Waals surface area (Å²) in [6, 6.07) is 2.97. The van der Waals surface area contributed by atoms with Crippen molar-refractivity contribution >= 4 is 34.9 Å². The third-order valence-electron chi connectivity index (χ3n) is 3.25. The number of esters is 1. The number of nitrogen functional groups attached to an aromatic ring is 1. The molecule has 4 nitrogen and oxygen atoms in total. The summed E-state index contributed by atoms with van der Waals surface area (Å²) >= 11 is 11.8. The van der Waals surface area contributed by atoms with Crippen molar-refractivity contribution < 1.29 is 9.53 Å². The highest BCUT2D eigenvalue weighted by Crippen LogP contribution is 2.29. The Morgan fingerprint density at radius 2 is 1.84 bits per heavy atom. The van der Waals surface area contributed by atoms with Crippen molar-refractivity contribution in [2.24, 2.45) is 0 Å². The van der Waals surface area contributed by atoms with Gasteiger partial charge in [0.1, 0.15) is 6.10 Å². The average molecular weight is 303 g/mol. The van der Waals surface area contributed by atoms with E-state index in [-0.39, 0.29) is 21.8 Å². The fourth-order valence-corrected chi connectivity index (χ4v) is 2.51. The Bertz CT molecular complexity index is 463. The molecule has 0 aromatic heterocycles. The summed E-state index contributed by atoms with van der Waals surface area (Å²) in [5.41, 5.74) is 6.24. The van der Waals surface area contributed by atoms with Crippen molar-refractivity contribution in [3.63, 3.8) is 0 Å². The lowest BCUT2D eigenvalue weighted by molar-refractivity contribution is 0.0139. The van der Waals surface area contributed by atoms with Crippen LogP contribution in [0.15, 0.2) is 12.1 Å². The minimum atomic E-state index is -0.404. The zero-order valence-corrected chi connectivity index (χ0v) is 12.2. The maximum Gasteiger partial charge on any atom is 0.338 e. The van der Waals surface area contributed by atoms with Crippen molar-refractivity contribution in [1.82, 2.24) is 4.90 Å². The SMILES string of the molecule is CN1CCC(OC(=O)c2cc(Cl)c(N)c(Cl)c2)CC1. The van der Waals surface area contributed by atoms with Gasteiger partial charge in [0.2, 0.25) is 0 Å². The zero-order chi connectivity index (χ0) is 14.0. The third kappa shape index (κ3) is 3.53. The topological polar surface area (TPSA) is 55.6 Å². The van der Waals surface area contributed by atoms with Gasteiger partial charge < -0.3 is 15.4 Å². The summed E-state index contributed by atoms with van der Waals surface area (Å²) < 4.78 is 5.45. The maximum absolute atomic E-state index is 12.0. The zero-order valence-electron chi connectivity index (χ0n) is 10.7. The van der Waals surface area contributed by atoms with E-state index < -0.39 is 5.97 Å². The Kier molecular flexibility index (Phi) is 4.55. The molecule has 1 aromatic rings. The minimum absolute atomic E-state index is 0.0428. The van der Waals surface area contributed by atoms with Crippen LogP contribution < -0.4 is 5.73 Å². The summed E-state index contributed by atoms with van der Waals surface area (Å²) in [6.45, 7) is 1.86. The predicted octanol–water partition coefficient (Wildman–Crippen LogP) is 2.83. The Morgan fingerprint density at radius 3 is 2.37 bits per heavy atom. The third-order valence-corrected chi connectivity index (χ3v) is 3.88. The van der Waals surface area contributed by atoms with Crippen LogP contribution in [0.2, 0.25) is 10.0 Å². The number of nitrogens with zero attached hydrogens (tertiary/aromatic N) is 1. The minimum Gasteiger partial charge on any atom is -0.459 e. The molecule has 0 spiro atoms. The summed E-state index contributed by atoms with van der Waals surface area (Å²) in [7, 11) is 2.05. The van der Waals surface area contributed by atoms with Crippen molar-refractivity contribution in [2.75, 3.05) is 25.9 Å². The molecule has 2 rings (SSSR count). The smallest absolute Gasteiger partial charge is 0.338 e. The van der Waals surface area contributed by atoms with Crippen LogP contribution in [-0.4, -0.2) is 37.1 Å². The van der Waals surface area contributed by atoms with Crippen LogP contribution in [0, 0.1) is 0 Å². The van der Waals surface area contributed by atoms with E-state index in [1.807, 2.05) is 0 Å². The Balaban J connectivity index is 2.04. The number of benzene rings is 1. The number of halogens is 2. The standard InChI is InChI=1S/C13H16Cl2N2O2/c1-17-4-2-9(3-5-17)19-13(18)8-6-10(14)12(16)11(15)7-8/h6-7,9H,2-5,16H2,1H3. The molecule has 0 aliphatic carbocycles. The first kappa shape index (κ1) is 14.4. The largest absolute Gasteiger partial charge is 0.459 e. The quantitative estimate of drug-likeness (QED) is 0.674. The fourth-order valence-electron chi connectivity index (χ4n) is 2.02. The van der Waals surface area contributed by atoms with Crippen LogP contribution in [0.4, 0.5) is 5.69 Å². The molecule has 0 saturated carbocycles. The molecule has 19 heavy (non-hydrogen) atoms. The molecule has 0 unspecified atom stereocenters. The number of hydrogen-bond acceptors (Lipinski definition) is 4. The number of carbonyl (C=O) groups is 1. The molecule has 0 atom stereocenters. The van der Waals surface area contributed by atoms with E-state index in [0.717, 1.165) is 25.9 Å². The molecule has 1 heterocycles. The number of likely N-dealkylation sites (tertiary alicyclic amines) is 1. The van der Waals surface area contributed by atoms with E-state index in [9.17, 15) is 4.79 Å². The van der Waals surface area contributed by atoms with Gasteiger partial charge in [-0.15, -0.1) is 0 Å². The molecule has 1 aromatic carbocycles. The molecule has 2 N–H and O–H groups in total. The van der Waals surface area contributed by atoms with E-state index in [4.69, 9.17) is 33.7 Å². The van der Waals surface area contributed by atoms with Crippen LogP contribution in [0.3, 0.4) is 0 Å². The van der Waals surface area contributed by atoms with Gasteiger partial charge in [0.05, 0.1) is 21.3 Å². The highest BCUT2D eigenvalue weighted by molar-refractivity contribution is 6.39. The molecule has 0 amide bonds. The summed E-state index contributed by atoms with van der Waals surface area (Å²) in [5, 5.41) is 0.533. The van der Waals surface area contributed by atoms with Crippen LogP contribution >= 0.6 is 23.2 Å². The van der Waals surface area contributed by atoms with Gasteiger partial charge in [-0.25, -0.2) is 4.79 Å². The fraction of sp³-hybridized carbons (Fsp3) is 0.462. The van der Waals surface area contributed by atoms with Crippen molar-refractivity contribution in [3.8, 4) is 0 Å². The Hall–Kier alpha value is -0.970. The van der Waals surface area contributed by atoms with Gasteiger partial charge in [0.25, 0.3) is 0 Å². The molecule has 0 bridgehead atoms. The first-order valence-electron chi connectivity index (χ1n) is 6.11. The van der Waals surface area contributed by atoms with Gasteiger partial charge in [0, 0.05) is 13.1 Å². The van der Waals surface area contributed by atoms with Gasteiger partial charge in [-0.1, -0.05) is 23.2 Å². The summed E-state index contributed by atoms with van der Waals surface area (Å²) in [6.07, 6.45) is 1.65. The molecule has 104 valence electrons. The van der Waals surface area contributed by atoms with Crippen molar-refractivity contribution in [1.29, 1.82) is 0 Å². The molecular formula is C13H16Cl2N2O2. The van der Waals surface area contributed by atoms with Gasteiger partial charge >= 0.3 is 5.97 Å². The van der Waals surface area contributed by atoms with Crippen LogP contribution in [-0.2, 0) is 4.74 Å². The van der Waals surface area contributed by atoms with Crippen molar-refractivity contribution in [3.05, 3.63) is 27.7 Å². The lowest BCUT2D eigenvalue weighted by Crippen LogP contribution is -2.35. The van der Waals surface area contributed by atoms with E-state index in [1.165, 1.54) is 12.1 Å². The number of carbonyl (C=O) groups excluding carboxylic acids is 1. The lowest BCUT2D eigenvalue weighted by atomic mass is 10.1. The molecular weight excluding hydrogens is 287 g/mol. The van der Waals surface area contributed by atoms with E-state index in [2.05, 4.69) is 11.9 Å². The number of anilines is 1. The predicted molar refractivity (Wildman–Crippen MR) is 76.8 cm³/mol. The second kappa shape index (κ2) is 5.99. The number of rotatable bonds is 2. The lowest BCUT2D eigenvalue weighted by Gasteiger charge is -2.28. The monoisotopic (exact) mass is 302 g/mol. The average Bonchev–Trinajstić information content (AvgIpc) is 2.38. The van der Waals surface area contributed by atoms with Gasteiger partial charge in [-0.3, -0.25) is 0 Å². The number of ether oxygens (including phenoxy) is 1. The Morgan fingerprint density at radius 1 is 1.32 bits per heavy atom. The van der Waals surface area contributed by atoms with E-state index >= 15 is 0 Å². The number of nitrogens with two attached hydrogens (primary N) is 1. The summed E-state index contributed by atoms with van der Waals surface area (Å²) in [4.78, 5) is 14.2. The van der Waals surface area contributed by atoms with E-state index in [0.29, 0.717) is 5.56 Å². The second-order valence-corrected chi connectivity index (χ2v) is 5.58. The van der Waals surface area contributed by atoms with Crippen LogP contribution in [0.25, 0.3) is 0 Å². The molecule has 1 aliphatic rings. The molecule has 1 saturated heterocycles. The van der Waals surface area contributed by atoms with Gasteiger partial charge in [-0.05, 0) is 32.0 Å². The van der Waals surface area contributed by atoms with Crippen molar-refractivity contribution in [2.45, 2.75) is 18.9 Å². The summed E-state index contributed by atoms with van der Waals surface area (Å²) in [5.74, 6) is -0.404. The van der Waals surface area contributed by atoms with Gasteiger partial charge in [0.15, 0.2) is 0 Å². The van der Waals surface area contributed by atoms with Gasteiger partial charge in [-0.2, -0.15) is 0 Å². The molecule has 1 aliphatic heterocycles. The number of hydrogen-bond donors (Lipinski definition) is 1. The molecule has 0 radical (unpaired) electrons. The maximum atomic E-state index is 12.0.